The minimum atomic E-state index is -0.726. The van der Waals surface area contributed by atoms with Crippen LogP contribution in [-0.2, 0) is 14.5 Å². The summed E-state index contributed by atoms with van der Waals surface area (Å²) in [5, 5.41) is 0. The highest BCUT2D eigenvalue weighted by Crippen LogP contribution is 2.13. The Hall–Kier alpha value is -0.770. The topological polar surface area (TPSA) is 44.8 Å². The molecule has 0 saturated heterocycles. The molecule has 0 aliphatic rings. The number of hydrogen-bond acceptors (Lipinski definition) is 4. The van der Waals surface area contributed by atoms with Crippen LogP contribution in [0.4, 0.5) is 4.79 Å². The first kappa shape index (κ1) is 16.2. The van der Waals surface area contributed by atoms with Crippen LogP contribution in [-0.4, -0.2) is 19.4 Å². The van der Waals surface area contributed by atoms with Gasteiger partial charge in [0.2, 0.25) is 0 Å². The van der Waals surface area contributed by atoms with E-state index >= 15 is 0 Å². The van der Waals surface area contributed by atoms with E-state index in [1.807, 2.05) is 6.92 Å². The molecule has 17 heavy (non-hydrogen) atoms. The first-order valence-corrected chi connectivity index (χ1v) is 6.70. The van der Waals surface area contributed by atoms with Crippen molar-refractivity contribution in [1.82, 2.24) is 0 Å². The van der Waals surface area contributed by atoms with Gasteiger partial charge in [0.25, 0.3) is 0 Å². The molecule has 0 amide bonds. The highest BCUT2D eigenvalue weighted by Gasteiger charge is 2.11. The van der Waals surface area contributed by atoms with E-state index in [9.17, 15) is 4.79 Å². The van der Waals surface area contributed by atoms with E-state index in [-0.39, 0.29) is 0 Å². The van der Waals surface area contributed by atoms with Gasteiger partial charge in [-0.25, -0.2) is 4.79 Å². The Morgan fingerprint density at radius 1 is 1.12 bits per heavy atom. The zero-order valence-electron chi connectivity index (χ0n) is 11.4. The molecule has 0 fully saturated rings. The largest absolute Gasteiger partial charge is 0.540 e. The lowest BCUT2D eigenvalue weighted by molar-refractivity contribution is -0.255. The molecule has 0 heterocycles. The Balaban J connectivity index is 3.52. The number of hydrogen-bond donors (Lipinski definition) is 0. The summed E-state index contributed by atoms with van der Waals surface area (Å²) < 4.78 is 4.99. The fourth-order valence-electron chi connectivity index (χ4n) is 1.40. The molecule has 0 N–H and O–H groups in total. The molecule has 0 aromatic heterocycles. The molecule has 1 unspecified atom stereocenters. The molecule has 102 valence electrons. The zero-order chi connectivity index (χ0) is 12.9. The SMILES string of the molecule is CCCCOOC(=O)OCC(CC)CCCC. The van der Waals surface area contributed by atoms with E-state index in [2.05, 4.69) is 18.7 Å². The number of unbranched alkanes of at least 4 members (excludes halogenated alkanes) is 2. The van der Waals surface area contributed by atoms with Crippen molar-refractivity contribution in [2.75, 3.05) is 13.2 Å². The Labute approximate surface area is 105 Å². The Kier molecular flexibility index (Phi) is 11.2. The number of carbonyl (C=O) groups excluding carboxylic acids is 1. The minimum absolute atomic E-state index is 0.423. The van der Waals surface area contributed by atoms with Crippen LogP contribution in [0.15, 0.2) is 0 Å². The first-order chi connectivity index (χ1) is 8.24. The van der Waals surface area contributed by atoms with Gasteiger partial charge < -0.3 is 4.74 Å². The maximum Gasteiger partial charge on any atom is 0.540 e. The first-order valence-electron chi connectivity index (χ1n) is 6.70. The van der Waals surface area contributed by atoms with Crippen molar-refractivity contribution in [1.29, 1.82) is 0 Å². The van der Waals surface area contributed by atoms with Crippen molar-refractivity contribution >= 4 is 6.16 Å². The van der Waals surface area contributed by atoms with E-state index in [0.717, 1.165) is 25.7 Å². The van der Waals surface area contributed by atoms with Gasteiger partial charge in [-0.2, -0.15) is 4.89 Å². The van der Waals surface area contributed by atoms with Crippen LogP contribution in [0.3, 0.4) is 0 Å². The normalized spacial score (nSPS) is 12.2. The Morgan fingerprint density at radius 2 is 1.82 bits per heavy atom. The van der Waals surface area contributed by atoms with Gasteiger partial charge in [-0.3, -0.25) is 4.89 Å². The quantitative estimate of drug-likeness (QED) is 0.252. The number of ether oxygens (including phenoxy) is 1. The minimum Gasteiger partial charge on any atom is -0.432 e. The molecule has 0 rings (SSSR count). The van der Waals surface area contributed by atoms with Crippen LogP contribution in [0.2, 0.25) is 0 Å². The molecule has 0 aromatic rings. The van der Waals surface area contributed by atoms with Crippen molar-refractivity contribution in [3.8, 4) is 0 Å². The van der Waals surface area contributed by atoms with Crippen LogP contribution in [0, 0.1) is 5.92 Å². The maximum atomic E-state index is 11.1. The van der Waals surface area contributed by atoms with Gasteiger partial charge in [-0.15, -0.1) is 0 Å². The fraction of sp³-hybridized carbons (Fsp3) is 0.923. The second kappa shape index (κ2) is 11.7. The van der Waals surface area contributed by atoms with Crippen molar-refractivity contribution in [3.63, 3.8) is 0 Å². The molecule has 4 nitrogen and oxygen atoms in total. The summed E-state index contributed by atoms with van der Waals surface area (Å²) in [6.45, 7) is 7.16. The average molecular weight is 246 g/mol. The van der Waals surface area contributed by atoms with Crippen molar-refractivity contribution in [3.05, 3.63) is 0 Å². The van der Waals surface area contributed by atoms with Gasteiger partial charge in [0.05, 0.1) is 13.2 Å². The molecule has 1 atom stereocenters. The molecule has 0 aromatic carbocycles. The molecule has 0 radical (unpaired) electrons. The third-order valence-electron chi connectivity index (χ3n) is 2.69. The molecular formula is C13H26O4. The van der Waals surface area contributed by atoms with Crippen LogP contribution in [0.1, 0.15) is 59.3 Å². The smallest absolute Gasteiger partial charge is 0.432 e. The van der Waals surface area contributed by atoms with Gasteiger partial charge in [0.15, 0.2) is 0 Å². The molecule has 0 bridgehead atoms. The number of carbonyl (C=O) groups is 1. The molecule has 0 saturated carbocycles. The van der Waals surface area contributed by atoms with Crippen LogP contribution in [0.25, 0.3) is 0 Å². The van der Waals surface area contributed by atoms with Gasteiger partial charge in [0, 0.05) is 0 Å². The number of rotatable bonds is 10. The Bertz CT molecular complexity index is 182. The third kappa shape index (κ3) is 10.1. The van der Waals surface area contributed by atoms with E-state index < -0.39 is 6.16 Å². The summed E-state index contributed by atoms with van der Waals surface area (Å²) in [7, 11) is 0. The van der Waals surface area contributed by atoms with Crippen molar-refractivity contribution in [2.45, 2.75) is 59.3 Å². The van der Waals surface area contributed by atoms with E-state index in [0.29, 0.717) is 19.1 Å². The summed E-state index contributed by atoms with van der Waals surface area (Å²) >= 11 is 0. The molecule has 0 spiro atoms. The summed E-state index contributed by atoms with van der Waals surface area (Å²) in [4.78, 5) is 20.3. The molecule has 4 heteroatoms. The highest BCUT2D eigenvalue weighted by atomic mass is 17.2. The van der Waals surface area contributed by atoms with E-state index in [1.165, 1.54) is 12.8 Å². The summed E-state index contributed by atoms with van der Waals surface area (Å²) in [6.07, 6.45) is 5.61. The lowest BCUT2D eigenvalue weighted by Gasteiger charge is -2.13. The summed E-state index contributed by atoms with van der Waals surface area (Å²) in [5.74, 6) is 0.429. The van der Waals surface area contributed by atoms with Gasteiger partial charge >= 0.3 is 6.16 Å². The Morgan fingerprint density at radius 3 is 2.41 bits per heavy atom. The van der Waals surface area contributed by atoms with Gasteiger partial charge in [-0.05, 0) is 18.8 Å². The van der Waals surface area contributed by atoms with Gasteiger partial charge in [-0.1, -0.05) is 46.5 Å². The molecule has 0 aliphatic carbocycles. The lowest BCUT2D eigenvalue weighted by atomic mass is 10.0. The van der Waals surface area contributed by atoms with E-state index in [1.54, 1.807) is 0 Å². The standard InChI is InChI=1S/C13H26O4/c1-4-7-9-12(6-3)11-15-13(14)17-16-10-8-5-2/h12H,4-11H2,1-3H3. The molecule has 0 aliphatic heterocycles. The second-order valence-electron chi connectivity index (χ2n) is 4.24. The van der Waals surface area contributed by atoms with Crippen LogP contribution in [0.5, 0.6) is 0 Å². The van der Waals surface area contributed by atoms with E-state index in [4.69, 9.17) is 9.62 Å². The van der Waals surface area contributed by atoms with Crippen LogP contribution >= 0.6 is 0 Å². The monoisotopic (exact) mass is 246 g/mol. The fourth-order valence-corrected chi connectivity index (χ4v) is 1.40. The van der Waals surface area contributed by atoms with Crippen molar-refractivity contribution in [2.24, 2.45) is 5.92 Å². The second-order valence-corrected chi connectivity index (χ2v) is 4.24. The maximum absolute atomic E-state index is 11.1. The zero-order valence-corrected chi connectivity index (χ0v) is 11.4. The highest BCUT2D eigenvalue weighted by molar-refractivity contribution is 5.58. The van der Waals surface area contributed by atoms with Gasteiger partial charge in [0.1, 0.15) is 0 Å². The summed E-state index contributed by atoms with van der Waals surface area (Å²) in [5.41, 5.74) is 0. The van der Waals surface area contributed by atoms with Crippen molar-refractivity contribution < 1.29 is 19.3 Å². The average Bonchev–Trinajstić information content (AvgIpc) is 2.35. The third-order valence-corrected chi connectivity index (χ3v) is 2.69. The predicted octanol–water partition coefficient (Wildman–Crippen LogP) is 4.09. The van der Waals surface area contributed by atoms with Crippen LogP contribution < -0.4 is 0 Å². The predicted molar refractivity (Wildman–Crippen MR) is 66.6 cm³/mol. The molecular weight excluding hydrogens is 220 g/mol. The lowest BCUT2D eigenvalue weighted by Crippen LogP contribution is -2.15. The summed E-state index contributed by atoms with van der Waals surface area (Å²) in [6, 6.07) is 0.